The summed E-state index contributed by atoms with van der Waals surface area (Å²) in [6.45, 7) is 12.3. The van der Waals surface area contributed by atoms with Crippen molar-refractivity contribution in [1.29, 1.82) is 0 Å². The second kappa shape index (κ2) is 5.63. The third-order valence-electron chi connectivity index (χ3n) is 6.63. The standard InChI is InChI=1S/C6H14P.C5H5.C2H5.4CH3.2ClH.Ti/c1-5(2)7-6(3)4;1-2-4-5-3-1;1-2;;;;;;;/h5-6H,1-4H3;1-3H,4H2;1H2,2H3;4*1H3;2*1H;/q-1;;;;;;;;;+1. The number of hydrogen-bond acceptors (Lipinski definition) is 0. The van der Waals surface area contributed by atoms with Gasteiger partial charge in [-0.1, -0.05) is 0 Å². The molecule has 1 aliphatic carbocycles. The van der Waals surface area contributed by atoms with Gasteiger partial charge >= 0.3 is 118 Å². The van der Waals surface area contributed by atoms with E-state index < -0.39 is 12.2 Å². The Kier molecular flexibility index (Phi) is 6.56. The first-order valence-corrected chi connectivity index (χ1v) is 19.8. The minimum Gasteiger partial charge on any atom is -0.147 e. The fraction of sp³-hybridized carbons (Fsp3) is 0.765. The van der Waals surface area contributed by atoms with Crippen LogP contribution in [0.5, 0.6) is 0 Å². The van der Waals surface area contributed by atoms with E-state index in [1.165, 1.54) is 11.1 Å². The molecule has 0 N–H and O–H groups in total. The summed E-state index contributed by atoms with van der Waals surface area (Å²) in [7, 11) is 0. The second-order valence-corrected chi connectivity index (χ2v) is 49.1. The molecular weight excluding hydrogens is 354 g/mol. The van der Waals surface area contributed by atoms with E-state index in [-0.39, 0.29) is 30.7 Å². The van der Waals surface area contributed by atoms with Crippen molar-refractivity contribution in [1.82, 2.24) is 0 Å². The molecule has 0 aromatic rings. The molecule has 0 unspecified atom stereocenters. The van der Waals surface area contributed by atoms with E-state index in [1.54, 1.807) is 3.88 Å². The molecule has 0 saturated heterocycles. The van der Waals surface area contributed by atoms with E-state index in [0.717, 1.165) is 11.3 Å². The number of allylic oxidation sites excluding steroid dienone is 4. The van der Waals surface area contributed by atoms with Gasteiger partial charge in [-0.05, 0) is 0 Å². The fourth-order valence-electron chi connectivity index (χ4n) is 5.26. The van der Waals surface area contributed by atoms with Crippen molar-refractivity contribution in [2.75, 3.05) is 0 Å². The van der Waals surface area contributed by atoms with Gasteiger partial charge in [-0.25, -0.2) is 0 Å². The van der Waals surface area contributed by atoms with E-state index in [2.05, 4.69) is 73.8 Å². The minimum absolute atomic E-state index is 0. The molecule has 4 heteroatoms. The Morgan fingerprint density at radius 1 is 1.00 bits per heavy atom. The summed E-state index contributed by atoms with van der Waals surface area (Å²) in [6, 6.07) is 0. The van der Waals surface area contributed by atoms with Crippen LogP contribution in [0.1, 0.15) is 41.0 Å². The van der Waals surface area contributed by atoms with Gasteiger partial charge < -0.3 is 0 Å². The summed E-state index contributed by atoms with van der Waals surface area (Å²) in [5, 5.41) is 11.0. The number of halogens is 2. The van der Waals surface area contributed by atoms with E-state index >= 15 is 0 Å². The molecule has 129 valence electrons. The normalized spacial score (nSPS) is 20.2. The van der Waals surface area contributed by atoms with Crippen molar-refractivity contribution in [2.45, 2.75) is 78.0 Å². The maximum absolute atomic E-state index is 3.67. The van der Waals surface area contributed by atoms with Gasteiger partial charge in [-0.3, -0.25) is 0 Å². The van der Waals surface area contributed by atoms with Crippen molar-refractivity contribution in [3.8, 4) is 0 Å². The Hall–Kier alpha value is 1.20. The molecule has 0 spiro atoms. The van der Waals surface area contributed by atoms with E-state index in [1.807, 2.05) is 0 Å². The van der Waals surface area contributed by atoms with E-state index in [4.69, 9.17) is 0 Å². The van der Waals surface area contributed by atoms with Gasteiger partial charge in [0.15, 0.2) is 0 Å². The van der Waals surface area contributed by atoms with Crippen molar-refractivity contribution in [3.63, 3.8) is 0 Å². The molecule has 0 aliphatic heterocycles. The van der Waals surface area contributed by atoms with Crippen LogP contribution >= 0.6 is 30.7 Å². The molecule has 0 nitrogen and oxygen atoms in total. The van der Waals surface area contributed by atoms with Gasteiger partial charge in [0.2, 0.25) is 0 Å². The first-order valence-electron chi connectivity index (χ1n) is 8.08. The Morgan fingerprint density at radius 2 is 1.43 bits per heavy atom. The van der Waals surface area contributed by atoms with Gasteiger partial charge in [-0.2, -0.15) is 0 Å². The molecule has 0 bridgehead atoms. The second-order valence-electron chi connectivity index (χ2n) is 11.0. The van der Waals surface area contributed by atoms with Crippen LogP contribution in [-0.4, -0.2) is 11.3 Å². The summed E-state index contributed by atoms with van der Waals surface area (Å²) < 4.78 is 3.15. The Labute approximate surface area is 142 Å². The summed E-state index contributed by atoms with van der Waals surface area (Å²) in [5.41, 5.74) is 1.61. The average molecular weight is 392 g/mol. The Morgan fingerprint density at radius 3 is 1.67 bits per heavy atom. The van der Waals surface area contributed by atoms with Crippen LogP contribution in [0.3, 0.4) is 0 Å². The van der Waals surface area contributed by atoms with Crippen molar-refractivity contribution < 1.29 is 12.2 Å². The third-order valence-corrected chi connectivity index (χ3v) is 42.7. The predicted molar refractivity (Wildman–Crippen MR) is 107 cm³/mol. The van der Waals surface area contributed by atoms with Crippen molar-refractivity contribution in [3.05, 3.63) is 22.1 Å². The van der Waals surface area contributed by atoms with Gasteiger partial charge in [0.1, 0.15) is 0 Å². The Balaban J connectivity index is 0. The molecule has 1 aliphatic rings. The zero-order valence-corrected chi connectivity index (χ0v) is 19.7. The molecule has 21 heavy (non-hydrogen) atoms. The summed E-state index contributed by atoms with van der Waals surface area (Å²) >= 11 is -3.67. The summed E-state index contributed by atoms with van der Waals surface area (Å²) in [4.78, 5) is 0. The van der Waals surface area contributed by atoms with Crippen LogP contribution in [0.2, 0.25) is 25.6 Å². The molecule has 0 heterocycles. The smallest absolute Gasteiger partial charge is 0.147 e. The van der Waals surface area contributed by atoms with E-state index in [9.17, 15) is 0 Å². The van der Waals surface area contributed by atoms with Crippen LogP contribution in [-0.2, 0) is 12.2 Å². The monoisotopic (exact) mass is 391 g/mol. The van der Waals surface area contributed by atoms with Crippen molar-refractivity contribution >= 4 is 30.7 Å². The van der Waals surface area contributed by atoms with Gasteiger partial charge in [0.05, 0.1) is 0 Å². The van der Waals surface area contributed by atoms with Crippen LogP contribution < -0.4 is 0 Å². The van der Waals surface area contributed by atoms with Crippen LogP contribution in [0.25, 0.3) is 0 Å². The van der Waals surface area contributed by atoms with Crippen LogP contribution in [0.15, 0.2) is 22.1 Å². The molecule has 0 amide bonds. The van der Waals surface area contributed by atoms with Crippen LogP contribution in [0, 0.1) is 0 Å². The third kappa shape index (κ3) is 3.66. The van der Waals surface area contributed by atoms with Gasteiger partial charge in [0, 0.05) is 0 Å². The summed E-state index contributed by atoms with van der Waals surface area (Å²) in [6.07, 6.45) is 8.33. The molecular formula is C17H38Cl2PTi. The fourth-order valence-corrected chi connectivity index (χ4v) is 45.7. The van der Waals surface area contributed by atoms with Gasteiger partial charge in [0.25, 0.3) is 0 Å². The molecule has 0 aromatic heterocycles. The maximum atomic E-state index is 2.74. The first-order chi connectivity index (χ1) is 8.22. The average Bonchev–Trinajstić information content (AvgIpc) is 2.68. The summed E-state index contributed by atoms with van der Waals surface area (Å²) in [5.74, 6) is -0.0111. The first kappa shape index (κ1) is 24.5. The SMILES string of the molecule is C[CH2][Ti]([CH3])([CH3])([CH3])([CH3])([C]1=CC=CC1)[P](C(C)C)C(C)C.Cl.Cl. The Bertz CT molecular complexity index is 454. The molecule has 1 rings (SSSR count). The topological polar surface area (TPSA) is 0 Å². The molecule has 0 radical (unpaired) electrons. The molecule has 0 aromatic carbocycles. The maximum Gasteiger partial charge on any atom is -0.147 e. The molecule has 0 atom stereocenters. The van der Waals surface area contributed by atoms with Crippen molar-refractivity contribution in [2.24, 2.45) is 0 Å². The molecule has 0 saturated carbocycles. The van der Waals surface area contributed by atoms with Crippen LogP contribution in [0.4, 0.5) is 0 Å². The largest absolute Gasteiger partial charge is 0.147 e. The predicted octanol–water partition coefficient (Wildman–Crippen LogP) is 8.28. The zero-order chi connectivity index (χ0) is 15.2. The number of hydrogen-bond donors (Lipinski definition) is 0. The molecule has 0 fully saturated rings. The van der Waals surface area contributed by atoms with E-state index in [0.29, 0.717) is 0 Å². The quantitative estimate of drug-likeness (QED) is 0.326. The zero-order valence-electron chi connectivity index (χ0n) is 15.6. The van der Waals surface area contributed by atoms with Gasteiger partial charge in [-0.15, -0.1) is 24.8 Å². The minimum atomic E-state index is -3.67. The number of rotatable bonds is 5.